The van der Waals surface area contributed by atoms with Crippen LogP contribution in [0.5, 0.6) is 0 Å². The molecule has 0 saturated heterocycles. The van der Waals surface area contributed by atoms with E-state index in [2.05, 4.69) is 4.98 Å². The molecule has 0 spiro atoms. The van der Waals surface area contributed by atoms with Gasteiger partial charge in [-0.25, -0.2) is 5.84 Å². The normalized spacial score (nSPS) is 11.2. The van der Waals surface area contributed by atoms with E-state index in [9.17, 15) is 4.79 Å². The first kappa shape index (κ1) is 14.7. The number of nitrogens with zero attached hydrogens (tertiary/aromatic N) is 2. The molecule has 3 N–H and O–H groups in total. The Balaban J connectivity index is 2.30. The fourth-order valence-electron chi connectivity index (χ4n) is 1.94. The molecule has 0 aliphatic carbocycles. The van der Waals surface area contributed by atoms with E-state index in [1.54, 1.807) is 17.4 Å². The number of carbonyl (C=O) groups is 1. The Kier molecular flexibility index (Phi) is 5.06. The summed E-state index contributed by atoms with van der Waals surface area (Å²) in [5.41, 5.74) is 2.47. The highest BCUT2D eigenvalue weighted by molar-refractivity contribution is 5.78. The number of nitrogens with two attached hydrogens (primary N) is 1. The number of pyridine rings is 1. The van der Waals surface area contributed by atoms with Gasteiger partial charge >= 0.3 is 5.97 Å². The van der Waals surface area contributed by atoms with Crippen molar-refractivity contribution in [1.29, 1.82) is 0 Å². The summed E-state index contributed by atoms with van der Waals surface area (Å²) >= 11 is 0. The maximum Gasteiger partial charge on any atom is 0.303 e. The van der Waals surface area contributed by atoms with Crippen molar-refractivity contribution in [2.24, 2.45) is 5.84 Å². The highest BCUT2D eigenvalue weighted by Crippen LogP contribution is 2.23. The number of aromatic nitrogens is 1. The second kappa shape index (κ2) is 7.21. The predicted molar refractivity (Wildman–Crippen MR) is 82.2 cm³/mol. The van der Waals surface area contributed by atoms with Gasteiger partial charge in [0.15, 0.2) is 0 Å². The van der Waals surface area contributed by atoms with E-state index in [0.717, 1.165) is 16.9 Å². The van der Waals surface area contributed by atoms with Crippen molar-refractivity contribution >= 4 is 17.4 Å². The van der Waals surface area contributed by atoms with Gasteiger partial charge in [0.25, 0.3) is 0 Å². The summed E-state index contributed by atoms with van der Waals surface area (Å²) in [6.45, 7) is 0. The number of hydrogen-bond donors (Lipinski definition) is 2. The van der Waals surface area contributed by atoms with E-state index in [-0.39, 0.29) is 6.42 Å². The van der Waals surface area contributed by atoms with Crippen LogP contribution in [0.3, 0.4) is 0 Å². The Morgan fingerprint density at radius 3 is 2.48 bits per heavy atom. The van der Waals surface area contributed by atoms with E-state index < -0.39 is 5.97 Å². The van der Waals surface area contributed by atoms with Gasteiger partial charge < -0.3 is 5.11 Å². The van der Waals surface area contributed by atoms with Gasteiger partial charge in [0, 0.05) is 24.4 Å². The standard InChI is InChI=1S/C16H17N3O2/c17-19(14-5-2-1-3-6-14)15(7-4-8-16(20)21)13-9-11-18-12-10-13/h1-3,5-7,9-12H,4,8,17H2,(H,20,21)/b15-7-. The van der Waals surface area contributed by atoms with Crippen molar-refractivity contribution < 1.29 is 9.90 Å². The maximum atomic E-state index is 10.7. The molecule has 0 radical (unpaired) electrons. The Morgan fingerprint density at radius 2 is 1.86 bits per heavy atom. The number of carboxylic acids is 1. The molecule has 0 bridgehead atoms. The number of rotatable bonds is 6. The lowest BCUT2D eigenvalue weighted by Gasteiger charge is -2.22. The van der Waals surface area contributed by atoms with E-state index in [1.807, 2.05) is 48.5 Å². The van der Waals surface area contributed by atoms with Crippen molar-refractivity contribution in [3.63, 3.8) is 0 Å². The molecule has 0 amide bonds. The molecule has 0 fully saturated rings. The van der Waals surface area contributed by atoms with Crippen LogP contribution in [0, 0.1) is 0 Å². The Hall–Kier alpha value is -2.66. The third kappa shape index (κ3) is 4.15. The first-order valence-corrected chi connectivity index (χ1v) is 6.60. The summed E-state index contributed by atoms with van der Waals surface area (Å²) in [7, 11) is 0. The topological polar surface area (TPSA) is 79.5 Å². The number of hydrazine groups is 1. The number of aliphatic carboxylic acids is 1. The molecule has 0 unspecified atom stereocenters. The monoisotopic (exact) mass is 283 g/mol. The minimum Gasteiger partial charge on any atom is -0.481 e. The number of anilines is 1. The Bertz CT molecular complexity index is 612. The predicted octanol–water partition coefficient (Wildman–Crippen LogP) is 2.67. The Labute approximate surface area is 123 Å². The zero-order valence-corrected chi connectivity index (χ0v) is 11.5. The number of hydrogen-bond acceptors (Lipinski definition) is 4. The number of para-hydroxylation sites is 1. The molecule has 5 heteroatoms. The molecule has 108 valence electrons. The lowest BCUT2D eigenvalue weighted by Crippen LogP contribution is -2.29. The molecule has 0 aliphatic rings. The number of carboxylic acid groups (broad SMARTS) is 1. The fraction of sp³-hybridized carbons (Fsp3) is 0.125. The molecular weight excluding hydrogens is 266 g/mol. The number of benzene rings is 1. The lowest BCUT2D eigenvalue weighted by atomic mass is 10.1. The summed E-state index contributed by atoms with van der Waals surface area (Å²) in [5.74, 6) is 5.36. The van der Waals surface area contributed by atoms with Gasteiger partial charge in [0.2, 0.25) is 0 Å². The van der Waals surface area contributed by atoms with Crippen LogP contribution in [0.2, 0.25) is 0 Å². The van der Waals surface area contributed by atoms with Gasteiger partial charge in [-0.2, -0.15) is 0 Å². The Morgan fingerprint density at radius 1 is 1.19 bits per heavy atom. The molecule has 1 heterocycles. The molecular formula is C16H17N3O2. The third-order valence-electron chi connectivity index (χ3n) is 2.97. The van der Waals surface area contributed by atoms with Crippen LogP contribution in [0.15, 0.2) is 60.9 Å². The van der Waals surface area contributed by atoms with E-state index >= 15 is 0 Å². The molecule has 21 heavy (non-hydrogen) atoms. The molecule has 2 rings (SSSR count). The highest BCUT2D eigenvalue weighted by Gasteiger charge is 2.10. The molecule has 0 atom stereocenters. The minimum atomic E-state index is -0.830. The zero-order chi connectivity index (χ0) is 15.1. The largest absolute Gasteiger partial charge is 0.481 e. The van der Waals surface area contributed by atoms with Crippen LogP contribution >= 0.6 is 0 Å². The molecule has 1 aromatic heterocycles. The first-order valence-electron chi connectivity index (χ1n) is 6.60. The minimum absolute atomic E-state index is 0.0667. The van der Waals surface area contributed by atoms with Crippen molar-refractivity contribution in [3.05, 3.63) is 66.5 Å². The third-order valence-corrected chi connectivity index (χ3v) is 2.97. The van der Waals surface area contributed by atoms with Crippen LogP contribution in [0.4, 0.5) is 5.69 Å². The van der Waals surface area contributed by atoms with Crippen LogP contribution in [-0.2, 0) is 4.79 Å². The zero-order valence-electron chi connectivity index (χ0n) is 11.5. The van der Waals surface area contributed by atoms with Gasteiger partial charge in [-0.05, 0) is 30.7 Å². The fourth-order valence-corrected chi connectivity index (χ4v) is 1.94. The second-order valence-electron chi connectivity index (χ2n) is 4.46. The maximum absolute atomic E-state index is 10.7. The van der Waals surface area contributed by atoms with Gasteiger partial charge in [-0.15, -0.1) is 0 Å². The van der Waals surface area contributed by atoms with E-state index in [4.69, 9.17) is 10.9 Å². The molecule has 2 aromatic rings. The average molecular weight is 283 g/mol. The van der Waals surface area contributed by atoms with Crippen molar-refractivity contribution in [2.45, 2.75) is 12.8 Å². The highest BCUT2D eigenvalue weighted by atomic mass is 16.4. The van der Waals surface area contributed by atoms with Gasteiger partial charge in [0.05, 0.1) is 11.4 Å². The second-order valence-corrected chi connectivity index (χ2v) is 4.46. The van der Waals surface area contributed by atoms with Gasteiger partial charge in [-0.1, -0.05) is 24.3 Å². The molecule has 1 aromatic carbocycles. The van der Waals surface area contributed by atoms with E-state index in [1.165, 1.54) is 0 Å². The van der Waals surface area contributed by atoms with Crippen molar-refractivity contribution in [1.82, 2.24) is 4.98 Å². The number of allylic oxidation sites excluding steroid dienone is 1. The lowest BCUT2D eigenvalue weighted by molar-refractivity contribution is -0.136. The molecule has 0 saturated carbocycles. The quantitative estimate of drug-likeness (QED) is 0.629. The van der Waals surface area contributed by atoms with E-state index in [0.29, 0.717) is 6.42 Å². The summed E-state index contributed by atoms with van der Waals surface area (Å²) < 4.78 is 0. The SMILES string of the molecule is NN(/C(=C\CCC(=O)O)c1ccncc1)c1ccccc1. The summed E-state index contributed by atoms with van der Waals surface area (Å²) in [6.07, 6.45) is 5.67. The smallest absolute Gasteiger partial charge is 0.303 e. The van der Waals surface area contributed by atoms with Crippen LogP contribution in [-0.4, -0.2) is 16.1 Å². The summed E-state index contributed by atoms with van der Waals surface area (Å²) in [6, 6.07) is 13.2. The van der Waals surface area contributed by atoms with Crippen LogP contribution < -0.4 is 10.9 Å². The molecule has 0 aliphatic heterocycles. The van der Waals surface area contributed by atoms with Crippen LogP contribution in [0.25, 0.3) is 5.70 Å². The van der Waals surface area contributed by atoms with Crippen molar-refractivity contribution in [3.8, 4) is 0 Å². The average Bonchev–Trinajstić information content (AvgIpc) is 2.52. The summed E-state index contributed by atoms with van der Waals surface area (Å²) in [5, 5.41) is 10.3. The van der Waals surface area contributed by atoms with Crippen molar-refractivity contribution in [2.75, 3.05) is 5.01 Å². The first-order chi connectivity index (χ1) is 10.2. The van der Waals surface area contributed by atoms with Crippen LogP contribution in [0.1, 0.15) is 18.4 Å². The summed E-state index contributed by atoms with van der Waals surface area (Å²) in [4.78, 5) is 14.7. The van der Waals surface area contributed by atoms with Gasteiger partial charge in [-0.3, -0.25) is 14.8 Å². The van der Waals surface area contributed by atoms with Gasteiger partial charge in [0.1, 0.15) is 0 Å². The molecule has 5 nitrogen and oxygen atoms in total.